The Bertz CT molecular complexity index is 1150. The molecule has 0 aliphatic rings. The number of hydrogen-bond donors (Lipinski definition) is 1. The summed E-state index contributed by atoms with van der Waals surface area (Å²) >= 11 is 0.695. The van der Waals surface area contributed by atoms with Crippen LogP contribution in [0.15, 0.2) is 51.7 Å². The van der Waals surface area contributed by atoms with Gasteiger partial charge in [0, 0.05) is 13.2 Å². The second kappa shape index (κ2) is 7.60. The summed E-state index contributed by atoms with van der Waals surface area (Å²) in [7, 11) is -2.95. The van der Waals surface area contributed by atoms with Crippen molar-refractivity contribution in [1.82, 2.24) is 14.9 Å². The van der Waals surface area contributed by atoms with Crippen molar-refractivity contribution in [2.75, 3.05) is 7.05 Å². The monoisotopic (exact) mass is 425 g/mol. The molecule has 2 aromatic heterocycles. The zero-order valence-corrected chi connectivity index (χ0v) is 16.0. The summed E-state index contributed by atoms with van der Waals surface area (Å²) in [5, 5.41) is 9.16. The van der Waals surface area contributed by atoms with Gasteiger partial charge in [0.15, 0.2) is 4.21 Å². The van der Waals surface area contributed by atoms with Gasteiger partial charge in [-0.05, 0) is 30.3 Å². The molecule has 0 unspecified atom stereocenters. The number of carboxylic acid groups (broad SMARTS) is 1. The number of thiazole rings is 1. The fourth-order valence-electron chi connectivity index (χ4n) is 2.34. The third-order valence-electron chi connectivity index (χ3n) is 3.70. The number of hydrogen-bond acceptors (Lipinski definition) is 6. The van der Waals surface area contributed by atoms with Gasteiger partial charge in [0.05, 0.1) is 17.0 Å². The lowest BCUT2D eigenvalue weighted by molar-refractivity contribution is 0.153. The molecule has 0 aliphatic carbocycles. The molecule has 3 rings (SSSR count). The average Bonchev–Trinajstić information content (AvgIpc) is 3.06. The molecular weight excluding hydrogens is 412 g/mol. The van der Waals surface area contributed by atoms with Crippen LogP contribution in [0, 0.1) is 11.8 Å². The van der Waals surface area contributed by atoms with Crippen molar-refractivity contribution in [3.8, 4) is 11.3 Å². The van der Waals surface area contributed by atoms with Gasteiger partial charge in [0.1, 0.15) is 16.5 Å². The number of sulfone groups is 1. The van der Waals surface area contributed by atoms with E-state index in [9.17, 15) is 22.0 Å². The number of pyridine rings is 1. The lowest BCUT2D eigenvalue weighted by Crippen LogP contribution is -2.23. The summed E-state index contributed by atoms with van der Waals surface area (Å²) in [6.45, 7) is -0.201. The van der Waals surface area contributed by atoms with E-state index >= 15 is 0 Å². The molecule has 7 nitrogen and oxygen atoms in total. The highest BCUT2D eigenvalue weighted by Gasteiger charge is 2.29. The normalized spacial score (nSPS) is 11.4. The van der Waals surface area contributed by atoms with E-state index in [1.807, 2.05) is 0 Å². The number of carbonyl (C=O) groups is 1. The fourth-order valence-corrected chi connectivity index (χ4v) is 5.37. The van der Waals surface area contributed by atoms with Crippen LogP contribution in [0.3, 0.4) is 0 Å². The maximum absolute atomic E-state index is 14.2. The van der Waals surface area contributed by atoms with E-state index in [2.05, 4.69) is 9.97 Å². The Morgan fingerprint density at radius 1 is 1.25 bits per heavy atom. The van der Waals surface area contributed by atoms with Crippen LogP contribution in [0.2, 0.25) is 0 Å². The van der Waals surface area contributed by atoms with Gasteiger partial charge in [-0.15, -0.1) is 11.3 Å². The standard InChI is InChI=1S/C17H13F2N3O4S2/c1-22(17(23)24)9-13-21-14(12-6-3-7-20-15(12)19)16(27-13)28(25,26)11-5-2-4-10(18)8-11/h2-8H,9H2,1H3,(H,23,24). The van der Waals surface area contributed by atoms with Crippen molar-refractivity contribution in [1.29, 1.82) is 0 Å². The number of halogens is 2. The first kappa shape index (κ1) is 19.8. The lowest BCUT2D eigenvalue weighted by Gasteiger charge is -2.09. The summed E-state index contributed by atoms with van der Waals surface area (Å²) < 4.78 is 53.5. The zero-order valence-electron chi connectivity index (χ0n) is 14.3. The van der Waals surface area contributed by atoms with Crippen LogP contribution in [0.4, 0.5) is 13.6 Å². The SMILES string of the molecule is CN(Cc1nc(-c2cccnc2F)c(S(=O)(=O)c2cccc(F)c2)s1)C(=O)O. The molecular formula is C17H13F2N3O4S2. The molecule has 28 heavy (non-hydrogen) atoms. The van der Waals surface area contributed by atoms with Crippen molar-refractivity contribution >= 4 is 27.3 Å². The highest BCUT2D eigenvalue weighted by Crippen LogP contribution is 2.37. The van der Waals surface area contributed by atoms with Crippen LogP contribution in [0.5, 0.6) is 0 Å². The zero-order chi connectivity index (χ0) is 20.5. The Balaban J connectivity index is 2.20. The first-order valence-electron chi connectivity index (χ1n) is 7.75. The number of amides is 1. The van der Waals surface area contributed by atoms with Gasteiger partial charge in [0.2, 0.25) is 15.8 Å². The van der Waals surface area contributed by atoms with Crippen LogP contribution < -0.4 is 0 Å². The van der Waals surface area contributed by atoms with Crippen molar-refractivity contribution in [3.05, 3.63) is 59.4 Å². The number of rotatable bonds is 5. The maximum atomic E-state index is 14.2. The summed E-state index contributed by atoms with van der Waals surface area (Å²) in [4.78, 5) is 19.3. The molecule has 0 bridgehead atoms. The number of benzene rings is 1. The van der Waals surface area contributed by atoms with E-state index in [1.165, 1.54) is 37.5 Å². The second-order valence-electron chi connectivity index (χ2n) is 5.68. The lowest BCUT2D eigenvalue weighted by atomic mass is 10.2. The van der Waals surface area contributed by atoms with Gasteiger partial charge in [-0.2, -0.15) is 4.39 Å². The van der Waals surface area contributed by atoms with E-state index in [-0.39, 0.29) is 31.9 Å². The Kier molecular flexibility index (Phi) is 5.38. The van der Waals surface area contributed by atoms with E-state index in [0.717, 1.165) is 17.0 Å². The molecule has 3 aromatic rings. The topological polar surface area (TPSA) is 100 Å². The molecule has 11 heteroatoms. The van der Waals surface area contributed by atoms with Gasteiger partial charge in [-0.25, -0.2) is 27.6 Å². The highest BCUT2D eigenvalue weighted by atomic mass is 32.2. The Morgan fingerprint density at radius 2 is 2.00 bits per heavy atom. The molecule has 1 aromatic carbocycles. The van der Waals surface area contributed by atoms with Crippen molar-refractivity contribution in [3.63, 3.8) is 0 Å². The molecule has 0 aliphatic heterocycles. The molecule has 2 heterocycles. The van der Waals surface area contributed by atoms with Crippen molar-refractivity contribution < 1.29 is 27.1 Å². The van der Waals surface area contributed by atoms with Crippen LogP contribution in [-0.2, 0) is 16.4 Å². The van der Waals surface area contributed by atoms with E-state index in [4.69, 9.17) is 5.11 Å². The summed E-state index contributed by atoms with van der Waals surface area (Å²) in [5.74, 6) is -1.67. The minimum absolute atomic E-state index is 0.137. The molecule has 146 valence electrons. The molecule has 0 saturated heterocycles. The van der Waals surface area contributed by atoms with Crippen LogP contribution in [-0.4, -0.2) is 41.5 Å². The Labute approximate surface area is 162 Å². The third-order valence-corrected chi connectivity index (χ3v) is 7.00. The summed E-state index contributed by atoms with van der Waals surface area (Å²) in [6.07, 6.45) is -0.0377. The van der Waals surface area contributed by atoms with Crippen LogP contribution >= 0.6 is 11.3 Å². The third kappa shape index (κ3) is 3.85. The minimum Gasteiger partial charge on any atom is -0.465 e. The predicted molar refractivity (Wildman–Crippen MR) is 96.6 cm³/mol. The molecule has 1 N–H and O–H groups in total. The van der Waals surface area contributed by atoms with E-state index in [0.29, 0.717) is 11.3 Å². The summed E-state index contributed by atoms with van der Waals surface area (Å²) in [5.41, 5.74) is -0.355. The van der Waals surface area contributed by atoms with Gasteiger partial charge in [-0.1, -0.05) is 6.07 Å². The van der Waals surface area contributed by atoms with Gasteiger partial charge in [-0.3, -0.25) is 0 Å². The van der Waals surface area contributed by atoms with E-state index in [1.54, 1.807) is 0 Å². The Morgan fingerprint density at radius 3 is 2.64 bits per heavy atom. The predicted octanol–water partition coefficient (Wildman–Crippen LogP) is 3.43. The van der Waals surface area contributed by atoms with E-state index < -0.39 is 27.7 Å². The minimum atomic E-state index is -4.24. The van der Waals surface area contributed by atoms with Crippen molar-refractivity contribution in [2.45, 2.75) is 15.6 Å². The number of aromatic nitrogens is 2. The smallest absolute Gasteiger partial charge is 0.407 e. The molecule has 0 spiro atoms. The quantitative estimate of drug-likeness (QED) is 0.629. The largest absolute Gasteiger partial charge is 0.465 e. The highest BCUT2D eigenvalue weighted by molar-refractivity contribution is 7.93. The van der Waals surface area contributed by atoms with Crippen LogP contribution in [0.1, 0.15) is 5.01 Å². The van der Waals surface area contributed by atoms with Crippen molar-refractivity contribution in [2.24, 2.45) is 0 Å². The first-order chi connectivity index (χ1) is 13.2. The molecule has 0 atom stereocenters. The van der Waals surface area contributed by atoms with Gasteiger partial charge in [0.25, 0.3) is 0 Å². The first-order valence-corrected chi connectivity index (χ1v) is 10.1. The average molecular weight is 425 g/mol. The molecule has 1 amide bonds. The summed E-state index contributed by atoms with van der Waals surface area (Å²) in [6, 6.07) is 7.13. The van der Waals surface area contributed by atoms with Gasteiger partial charge >= 0.3 is 6.09 Å². The Hall–Kier alpha value is -2.92. The fraction of sp³-hybridized carbons (Fsp3) is 0.118. The van der Waals surface area contributed by atoms with Gasteiger partial charge < -0.3 is 10.0 Å². The molecule has 0 saturated carbocycles. The van der Waals surface area contributed by atoms with Crippen LogP contribution in [0.25, 0.3) is 11.3 Å². The number of nitrogens with zero attached hydrogens (tertiary/aromatic N) is 3. The second-order valence-corrected chi connectivity index (χ2v) is 8.91. The maximum Gasteiger partial charge on any atom is 0.407 e. The molecule has 0 radical (unpaired) electrons. The molecule has 0 fully saturated rings.